The minimum Gasteiger partial charge on any atom is -0.504 e. The van der Waals surface area contributed by atoms with Crippen LogP contribution in [0.5, 0.6) is 11.5 Å². The van der Waals surface area contributed by atoms with Gasteiger partial charge in [-0.1, -0.05) is 36.4 Å². The Bertz CT molecular complexity index is 1360. The lowest BCUT2D eigenvalue weighted by Gasteiger charge is -2.43. The van der Waals surface area contributed by atoms with E-state index in [1.54, 1.807) is 20.2 Å². The van der Waals surface area contributed by atoms with Crippen molar-refractivity contribution in [1.29, 1.82) is 0 Å². The molecule has 0 spiro atoms. The summed E-state index contributed by atoms with van der Waals surface area (Å²) in [5.74, 6) is -1.00. The summed E-state index contributed by atoms with van der Waals surface area (Å²) < 4.78 is 17.7. The highest BCUT2D eigenvalue weighted by molar-refractivity contribution is 14.1. The number of phenolic OH excluding ortho intramolecular Hbond substituents is 1. The summed E-state index contributed by atoms with van der Waals surface area (Å²) in [6, 6.07) is 13.7. The number of rotatable bonds is 8. The van der Waals surface area contributed by atoms with Crippen LogP contribution >= 0.6 is 22.6 Å². The molecule has 0 unspecified atom stereocenters. The molecular weight excluding hydrogens is 624 g/mol. The number of aromatic hydroxyl groups is 1. The van der Waals surface area contributed by atoms with Crippen LogP contribution in [0, 0.1) is 21.3 Å². The first-order valence-corrected chi connectivity index (χ1v) is 14.5. The van der Waals surface area contributed by atoms with Gasteiger partial charge >= 0.3 is 7.12 Å². The molecule has 2 amide bonds. The van der Waals surface area contributed by atoms with Gasteiger partial charge in [0.25, 0.3) is 0 Å². The molecule has 210 valence electrons. The van der Waals surface area contributed by atoms with Crippen molar-refractivity contribution >= 4 is 53.2 Å². The number of fused-ring (bicyclic) bond motifs is 3. The van der Waals surface area contributed by atoms with Gasteiger partial charge < -0.3 is 24.3 Å². The van der Waals surface area contributed by atoms with Crippen LogP contribution in [0.2, 0.25) is 6.32 Å². The molecule has 0 radical (unpaired) electrons. The van der Waals surface area contributed by atoms with Gasteiger partial charge in [-0.25, -0.2) is 0 Å². The van der Waals surface area contributed by atoms with Gasteiger partial charge in [-0.15, -0.1) is 0 Å². The Kier molecular flexibility index (Phi) is 8.70. The number of phenols is 1. The van der Waals surface area contributed by atoms with E-state index >= 15 is 0 Å². The SMILES string of the molecule is COCC1=C2[C@@H](CC/C(=C/c3cc(I)c(O)c(OC)c3)c3ccccc3)OB(O)C[C@@H]2[C@@H]2C(=O)N(C)C(=O)[C@@H]2C1. The minimum absolute atomic E-state index is 0.107. The Balaban J connectivity index is 1.50. The highest BCUT2D eigenvalue weighted by atomic mass is 127. The van der Waals surface area contributed by atoms with E-state index in [1.807, 2.05) is 36.4 Å². The number of imide groups is 1. The summed E-state index contributed by atoms with van der Waals surface area (Å²) in [4.78, 5) is 27.3. The van der Waals surface area contributed by atoms with Crippen LogP contribution in [0.4, 0.5) is 0 Å². The molecule has 2 aromatic rings. The topological polar surface area (TPSA) is 106 Å². The smallest absolute Gasteiger partial charge is 0.455 e. The average molecular weight is 657 g/mol. The van der Waals surface area contributed by atoms with E-state index < -0.39 is 25.1 Å². The Hall–Kier alpha value is -2.67. The van der Waals surface area contributed by atoms with E-state index in [0.29, 0.717) is 35.2 Å². The van der Waals surface area contributed by atoms with Crippen molar-refractivity contribution in [3.05, 3.63) is 68.3 Å². The van der Waals surface area contributed by atoms with Crippen molar-refractivity contribution in [2.75, 3.05) is 27.9 Å². The van der Waals surface area contributed by atoms with Crippen LogP contribution in [0.3, 0.4) is 0 Å². The van der Waals surface area contributed by atoms with Crippen LogP contribution in [0.1, 0.15) is 30.4 Å². The third-order valence-electron chi connectivity index (χ3n) is 8.28. The maximum Gasteiger partial charge on any atom is 0.455 e. The van der Waals surface area contributed by atoms with E-state index in [0.717, 1.165) is 27.8 Å². The summed E-state index contributed by atoms with van der Waals surface area (Å²) in [6.07, 6.45) is 3.58. The summed E-state index contributed by atoms with van der Waals surface area (Å²) in [7, 11) is 3.67. The molecule has 0 saturated carbocycles. The summed E-state index contributed by atoms with van der Waals surface area (Å²) in [5.41, 5.74) is 4.98. The first kappa shape index (κ1) is 28.8. The molecule has 2 aromatic carbocycles. The molecule has 1 aliphatic carbocycles. The number of carbonyl (C=O) groups is 2. The molecule has 2 aliphatic heterocycles. The van der Waals surface area contributed by atoms with Gasteiger partial charge in [0.2, 0.25) is 11.8 Å². The van der Waals surface area contributed by atoms with Crippen molar-refractivity contribution in [2.24, 2.45) is 17.8 Å². The fourth-order valence-electron chi connectivity index (χ4n) is 6.50. The number of likely N-dealkylation sites (tertiary alicyclic amines) is 1. The fourth-order valence-corrected chi connectivity index (χ4v) is 7.13. The van der Waals surface area contributed by atoms with Crippen molar-refractivity contribution in [1.82, 2.24) is 4.90 Å². The first-order valence-electron chi connectivity index (χ1n) is 13.4. The molecular formula is C30H33BINO7. The molecule has 0 bridgehead atoms. The number of allylic oxidation sites excluding steroid dienone is 1. The molecule has 2 heterocycles. The number of nitrogens with zero attached hydrogens (tertiary/aromatic N) is 1. The monoisotopic (exact) mass is 657 g/mol. The molecule has 5 rings (SSSR count). The van der Waals surface area contributed by atoms with Crippen LogP contribution in [0.15, 0.2) is 53.6 Å². The number of methoxy groups -OCH3 is 2. The quantitative estimate of drug-likeness (QED) is 0.143. The number of halogens is 1. The zero-order valence-corrected chi connectivity index (χ0v) is 25.0. The highest BCUT2D eigenvalue weighted by Gasteiger charge is 2.56. The Morgan fingerprint density at radius 3 is 2.62 bits per heavy atom. The molecule has 8 nitrogen and oxygen atoms in total. The molecule has 0 aromatic heterocycles. The molecule has 40 heavy (non-hydrogen) atoms. The van der Waals surface area contributed by atoms with E-state index in [2.05, 4.69) is 28.7 Å². The van der Waals surface area contributed by atoms with Gasteiger partial charge in [0, 0.05) is 14.2 Å². The van der Waals surface area contributed by atoms with E-state index in [4.69, 9.17) is 14.1 Å². The van der Waals surface area contributed by atoms with Gasteiger partial charge in [0.05, 0.1) is 35.2 Å². The van der Waals surface area contributed by atoms with Gasteiger partial charge in [0.1, 0.15) is 0 Å². The van der Waals surface area contributed by atoms with Crippen molar-refractivity contribution < 1.29 is 33.8 Å². The van der Waals surface area contributed by atoms with Crippen molar-refractivity contribution in [3.8, 4) is 11.5 Å². The molecule has 10 heteroatoms. The number of amides is 2. The highest BCUT2D eigenvalue weighted by Crippen LogP contribution is 2.50. The second-order valence-corrected chi connectivity index (χ2v) is 11.8. The van der Waals surface area contributed by atoms with Gasteiger partial charge in [-0.2, -0.15) is 0 Å². The van der Waals surface area contributed by atoms with E-state index in [9.17, 15) is 19.7 Å². The van der Waals surface area contributed by atoms with Gasteiger partial charge in [-0.3, -0.25) is 14.5 Å². The van der Waals surface area contributed by atoms with Crippen LogP contribution < -0.4 is 4.74 Å². The second kappa shape index (κ2) is 12.1. The molecule has 4 atom stereocenters. The van der Waals surface area contributed by atoms with Crippen LogP contribution in [0.25, 0.3) is 11.6 Å². The molecule has 2 N–H and O–H groups in total. The standard InChI is InChI=1S/C30H33BINO7/c1-33-29(35)21-14-20(16-38-2)26-22(27(21)30(33)36)15-31(37)40-24(26)10-9-19(18-7-5-4-6-8-18)11-17-12-23(32)28(34)25(13-17)39-3/h4-8,11-13,21-22,24,27,34,37H,9-10,14-16H2,1-3H3/b19-11-/t21-,22+,24-,27-/m1/s1. The predicted octanol–water partition coefficient (Wildman–Crippen LogP) is 4.40. The molecule has 2 saturated heterocycles. The lowest BCUT2D eigenvalue weighted by Crippen LogP contribution is -2.46. The third-order valence-corrected chi connectivity index (χ3v) is 9.10. The lowest BCUT2D eigenvalue weighted by molar-refractivity contribution is -0.138. The number of carbonyl (C=O) groups excluding carboxylic acids is 2. The van der Waals surface area contributed by atoms with E-state index in [-0.39, 0.29) is 29.8 Å². The third kappa shape index (κ3) is 5.46. The first-order chi connectivity index (χ1) is 19.2. The Morgan fingerprint density at radius 2 is 1.93 bits per heavy atom. The predicted molar refractivity (Wildman–Crippen MR) is 160 cm³/mol. The zero-order chi connectivity index (χ0) is 28.6. The van der Waals surface area contributed by atoms with Gasteiger partial charge in [0.15, 0.2) is 11.5 Å². The van der Waals surface area contributed by atoms with Crippen LogP contribution in [-0.4, -0.2) is 67.9 Å². The van der Waals surface area contributed by atoms with Crippen molar-refractivity contribution in [3.63, 3.8) is 0 Å². The average Bonchev–Trinajstić information content (AvgIpc) is 3.16. The van der Waals surface area contributed by atoms with Crippen LogP contribution in [-0.2, 0) is 19.0 Å². The summed E-state index contributed by atoms with van der Waals surface area (Å²) in [6.45, 7) is 0.351. The lowest BCUT2D eigenvalue weighted by atomic mass is 9.58. The number of hydrogen-bond acceptors (Lipinski definition) is 7. The second-order valence-electron chi connectivity index (χ2n) is 10.6. The number of ether oxygens (including phenoxy) is 2. The minimum atomic E-state index is -1.03. The Labute approximate surface area is 248 Å². The maximum atomic E-state index is 13.1. The number of hydrogen-bond donors (Lipinski definition) is 2. The zero-order valence-electron chi connectivity index (χ0n) is 22.8. The summed E-state index contributed by atoms with van der Waals surface area (Å²) in [5, 5.41) is 21.1. The summed E-state index contributed by atoms with van der Waals surface area (Å²) >= 11 is 2.09. The normalized spacial score (nSPS) is 24.9. The number of benzene rings is 2. The maximum absolute atomic E-state index is 13.1. The van der Waals surface area contributed by atoms with Crippen molar-refractivity contribution in [2.45, 2.75) is 31.7 Å². The molecule has 2 fully saturated rings. The van der Waals surface area contributed by atoms with Gasteiger partial charge in [-0.05, 0) is 94.1 Å². The van der Waals surface area contributed by atoms with E-state index in [1.165, 1.54) is 12.0 Å². The largest absolute Gasteiger partial charge is 0.504 e. The Morgan fingerprint density at radius 1 is 1.18 bits per heavy atom. The molecule has 3 aliphatic rings. The fraction of sp³-hybridized carbons (Fsp3) is 0.400.